The predicted molar refractivity (Wildman–Crippen MR) is 36.7 cm³/mol. The zero-order valence-electron chi connectivity index (χ0n) is 5.71. The summed E-state index contributed by atoms with van der Waals surface area (Å²) in [6.07, 6.45) is 2.12. The van der Waals surface area contributed by atoms with Gasteiger partial charge < -0.3 is 9.84 Å². The van der Waals surface area contributed by atoms with Gasteiger partial charge in [-0.05, 0) is 13.3 Å². The van der Waals surface area contributed by atoms with Crippen LogP contribution in [0.5, 0.6) is 0 Å². The van der Waals surface area contributed by atoms with Gasteiger partial charge in [0, 0.05) is 0 Å². The molecule has 1 radical (unpaired) electrons. The van der Waals surface area contributed by atoms with E-state index in [1.807, 2.05) is 0 Å². The van der Waals surface area contributed by atoms with E-state index in [9.17, 15) is 0 Å². The molecule has 0 saturated carbocycles. The highest BCUT2D eigenvalue weighted by atomic mass is 16.5. The van der Waals surface area contributed by atoms with Crippen LogP contribution in [0.1, 0.15) is 13.3 Å². The second-order valence-electron chi connectivity index (χ2n) is 1.82. The van der Waals surface area contributed by atoms with E-state index in [0.717, 1.165) is 6.42 Å². The molecule has 0 aliphatic rings. The Bertz CT molecular complexity index is 69.3. The average Bonchev–Trinajstić information content (AvgIpc) is 1.80. The molecule has 0 aliphatic heterocycles. The van der Waals surface area contributed by atoms with Crippen LogP contribution in [-0.4, -0.2) is 17.8 Å². The molecular formula is C7H13O2. The summed E-state index contributed by atoms with van der Waals surface area (Å²) < 4.78 is 4.89. The van der Waals surface area contributed by atoms with Gasteiger partial charge in [0.1, 0.15) is 6.61 Å². The van der Waals surface area contributed by atoms with E-state index in [-0.39, 0.29) is 0 Å². The number of aliphatic hydroxyl groups is 1. The Hall–Kier alpha value is -0.340. The Balaban J connectivity index is 2.82. The van der Waals surface area contributed by atoms with Gasteiger partial charge >= 0.3 is 0 Å². The molecule has 1 atom stereocenters. The molecule has 0 rings (SSSR count). The summed E-state index contributed by atoms with van der Waals surface area (Å²) in [5.74, 6) is 0. The Morgan fingerprint density at radius 2 is 2.44 bits per heavy atom. The first-order valence-electron chi connectivity index (χ1n) is 3.01. The fourth-order valence-electron chi connectivity index (χ4n) is 0.359. The second-order valence-corrected chi connectivity index (χ2v) is 1.82. The maximum absolute atomic E-state index is 8.65. The molecule has 1 unspecified atom stereocenters. The number of rotatable bonds is 5. The third kappa shape index (κ3) is 7.66. The number of hydrogen-bond donors (Lipinski definition) is 1. The van der Waals surface area contributed by atoms with E-state index < -0.39 is 6.10 Å². The number of aliphatic hydroxyl groups excluding tert-OH is 1. The van der Waals surface area contributed by atoms with Crippen molar-refractivity contribution in [3.8, 4) is 0 Å². The first-order valence-corrected chi connectivity index (χ1v) is 3.01. The summed E-state index contributed by atoms with van der Waals surface area (Å²) in [6.45, 7) is 7.18. The topological polar surface area (TPSA) is 29.5 Å². The van der Waals surface area contributed by atoms with Crippen LogP contribution in [0.4, 0.5) is 0 Å². The first-order chi connectivity index (χ1) is 4.27. The van der Waals surface area contributed by atoms with E-state index in [4.69, 9.17) is 9.84 Å². The molecule has 0 amide bonds. The third-order valence-corrected chi connectivity index (χ3v) is 0.733. The molecule has 2 heteroatoms. The lowest BCUT2D eigenvalue weighted by atomic mass is 10.4. The molecular weight excluding hydrogens is 116 g/mol. The zero-order chi connectivity index (χ0) is 7.11. The van der Waals surface area contributed by atoms with Gasteiger partial charge in [-0.2, -0.15) is 0 Å². The highest BCUT2D eigenvalue weighted by Crippen LogP contribution is 1.91. The minimum Gasteiger partial charge on any atom is -0.391 e. The van der Waals surface area contributed by atoms with Gasteiger partial charge in [-0.15, -0.1) is 6.58 Å². The third-order valence-electron chi connectivity index (χ3n) is 0.733. The Morgan fingerprint density at radius 3 is 2.89 bits per heavy atom. The summed E-state index contributed by atoms with van der Waals surface area (Å²) in [4.78, 5) is 0. The normalized spacial score (nSPS) is 13.1. The van der Waals surface area contributed by atoms with Crippen LogP contribution in [0, 0.1) is 6.61 Å². The quantitative estimate of drug-likeness (QED) is 0.445. The van der Waals surface area contributed by atoms with Crippen LogP contribution < -0.4 is 0 Å². The summed E-state index contributed by atoms with van der Waals surface area (Å²) in [6, 6.07) is 0. The summed E-state index contributed by atoms with van der Waals surface area (Å²) in [5.41, 5.74) is 0. The van der Waals surface area contributed by atoms with Gasteiger partial charge in [-0.1, -0.05) is 6.08 Å². The first kappa shape index (κ1) is 8.66. The maximum Gasteiger partial charge on any atom is 0.112 e. The monoisotopic (exact) mass is 129 g/mol. The van der Waals surface area contributed by atoms with Gasteiger partial charge in [-0.25, -0.2) is 0 Å². The number of hydrogen-bond acceptors (Lipinski definition) is 2. The van der Waals surface area contributed by atoms with E-state index in [1.165, 1.54) is 6.61 Å². The zero-order valence-corrected chi connectivity index (χ0v) is 5.71. The summed E-state index contributed by atoms with van der Waals surface area (Å²) in [5, 5.41) is 8.65. The molecule has 0 aliphatic carbocycles. The van der Waals surface area contributed by atoms with Crippen molar-refractivity contribution >= 4 is 0 Å². The molecule has 0 fully saturated rings. The fraction of sp³-hybridized carbons (Fsp3) is 0.571. The van der Waals surface area contributed by atoms with Gasteiger partial charge in [0.2, 0.25) is 0 Å². The van der Waals surface area contributed by atoms with Crippen molar-refractivity contribution in [3.05, 3.63) is 19.3 Å². The van der Waals surface area contributed by atoms with Gasteiger partial charge in [0.05, 0.1) is 12.7 Å². The van der Waals surface area contributed by atoms with Crippen LogP contribution in [0.15, 0.2) is 12.7 Å². The molecule has 53 valence electrons. The molecule has 9 heavy (non-hydrogen) atoms. The Morgan fingerprint density at radius 1 is 1.78 bits per heavy atom. The fourth-order valence-corrected chi connectivity index (χ4v) is 0.359. The molecule has 0 saturated heterocycles. The molecule has 2 nitrogen and oxygen atoms in total. The van der Waals surface area contributed by atoms with Crippen molar-refractivity contribution in [2.45, 2.75) is 19.4 Å². The smallest absolute Gasteiger partial charge is 0.112 e. The van der Waals surface area contributed by atoms with Crippen molar-refractivity contribution in [1.29, 1.82) is 0 Å². The lowest BCUT2D eigenvalue weighted by Crippen LogP contribution is -2.03. The lowest BCUT2D eigenvalue weighted by molar-refractivity contribution is 0.105. The van der Waals surface area contributed by atoms with Crippen molar-refractivity contribution < 1.29 is 9.84 Å². The molecule has 0 aromatic rings. The maximum atomic E-state index is 8.65. The molecule has 0 aromatic carbocycles. The van der Waals surface area contributed by atoms with Crippen LogP contribution in [0.2, 0.25) is 0 Å². The van der Waals surface area contributed by atoms with Gasteiger partial charge in [-0.3, -0.25) is 0 Å². The van der Waals surface area contributed by atoms with E-state index in [0.29, 0.717) is 6.61 Å². The Kier molecular flexibility index (Phi) is 5.57. The van der Waals surface area contributed by atoms with Crippen molar-refractivity contribution in [2.75, 3.05) is 6.61 Å². The van der Waals surface area contributed by atoms with Crippen molar-refractivity contribution in [1.82, 2.24) is 0 Å². The molecule has 0 bridgehead atoms. The lowest BCUT2D eigenvalue weighted by Gasteiger charge is -2.02. The highest BCUT2D eigenvalue weighted by Gasteiger charge is 1.93. The van der Waals surface area contributed by atoms with Crippen LogP contribution in [0.3, 0.4) is 0 Å². The molecule has 0 aromatic heterocycles. The minimum atomic E-state index is -0.477. The summed E-state index contributed by atoms with van der Waals surface area (Å²) in [7, 11) is 0. The van der Waals surface area contributed by atoms with E-state index in [2.05, 4.69) is 6.58 Å². The van der Waals surface area contributed by atoms with E-state index in [1.54, 1.807) is 13.0 Å². The second kappa shape index (κ2) is 5.79. The highest BCUT2D eigenvalue weighted by molar-refractivity contribution is 4.66. The standard InChI is InChI=1S/C7H13O2/c1-3-4-5-9-6-7(2)8/h3,6-8H,1,4-5H2,2H3. The van der Waals surface area contributed by atoms with Crippen molar-refractivity contribution in [2.24, 2.45) is 0 Å². The van der Waals surface area contributed by atoms with Crippen LogP contribution >= 0.6 is 0 Å². The van der Waals surface area contributed by atoms with E-state index >= 15 is 0 Å². The van der Waals surface area contributed by atoms with Gasteiger partial charge in [0.25, 0.3) is 0 Å². The van der Waals surface area contributed by atoms with Gasteiger partial charge in [0.15, 0.2) is 0 Å². The van der Waals surface area contributed by atoms with Crippen LogP contribution in [0.25, 0.3) is 0 Å². The minimum absolute atomic E-state index is 0.477. The number of ether oxygens (including phenoxy) is 1. The van der Waals surface area contributed by atoms with Crippen LogP contribution in [-0.2, 0) is 4.74 Å². The molecule has 0 heterocycles. The Labute approximate surface area is 56.1 Å². The largest absolute Gasteiger partial charge is 0.391 e. The summed E-state index contributed by atoms with van der Waals surface area (Å²) >= 11 is 0. The SMILES string of the molecule is C=CCCO[CH]C(C)O. The predicted octanol–water partition coefficient (Wildman–Crippen LogP) is 1.12. The molecule has 1 N–H and O–H groups in total. The van der Waals surface area contributed by atoms with Crippen molar-refractivity contribution in [3.63, 3.8) is 0 Å². The average molecular weight is 129 g/mol. The molecule has 0 spiro atoms.